The molecule has 0 saturated heterocycles. The van der Waals surface area contributed by atoms with E-state index < -0.39 is 0 Å². The normalized spacial score (nSPS) is 14.2. The van der Waals surface area contributed by atoms with Crippen LogP contribution in [-0.4, -0.2) is 22.8 Å². The van der Waals surface area contributed by atoms with Gasteiger partial charge in [0.2, 0.25) is 5.95 Å². The molecule has 1 aliphatic heterocycles. The standard InChI is InChI=1S/C14H17N3O2/c1-9-13(16-14(15)17(9)2)10-4-5-11-12(8-10)19-7-3-6-18-11/h4-5,8H,3,6-7H2,1-2H3,(H2,15,16). The Labute approximate surface area is 112 Å². The summed E-state index contributed by atoms with van der Waals surface area (Å²) in [4.78, 5) is 4.40. The van der Waals surface area contributed by atoms with Crippen LogP contribution in [0.1, 0.15) is 12.1 Å². The number of hydrogen-bond acceptors (Lipinski definition) is 4. The molecular weight excluding hydrogens is 242 g/mol. The zero-order valence-corrected chi connectivity index (χ0v) is 11.1. The molecule has 0 saturated carbocycles. The number of ether oxygens (including phenoxy) is 2. The van der Waals surface area contributed by atoms with E-state index in [1.54, 1.807) is 0 Å². The quantitative estimate of drug-likeness (QED) is 0.852. The van der Waals surface area contributed by atoms with Crippen molar-refractivity contribution < 1.29 is 9.47 Å². The Hall–Kier alpha value is -2.17. The summed E-state index contributed by atoms with van der Waals surface area (Å²) < 4.78 is 13.2. The van der Waals surface area contributed by atoms with Crippen molar-refractivity contribution in [1.29, 1.82) is 0 Å². The highest BCUT2D eigenvalue weighted by atomic mass is 16.5. The first kappa shape index (κ1) is 11.9. The molecule has 1 aromatic heterocycles. The third-order valence-corrected chi connectivity index (χ3v) is 3.44. The number of nitrogens with zero attached hydrogens (tertiary/aromatic N) is 2. The van der Waals surface area contributed by atoms with Gasteiger partial charge in [-0.1, -0.05) is 0 Å². The second-order valence-corrected chi connectivity index (χ2v) is 4.68. The number of rotatable bonds is 1. The summed E-state index contributed by atoms with van der Waals surface area (Å²) in [6.45, 7) is 3.38. The molecule has 100 valence electrons. The van der Waals surface area contributed by atoms with Crippen LogP contribution in [0, 0.1) is 6.92 Å². The smallest absolute Gasteiger partial charge is 0.200 e. The summed E-state index contributed by atoms with van der Waals surface area (Å²) in [5.41, 5.74) is 8.75. The van der Waals surface area contributed by atoms with Crippen LogP contribution in [0.25, 0.3) is 11.3 Å². The second kappa shape index (κ2) is 4.50. The van der Waals surface area contributed by atoms with Gasteiger partial charge in [-0.25, -0.2) is 4.98 Å². The molecule has 2 heterocycles. The minimum atomic E-state index is 0.514. The maximum Gasteiger partial charge on any atom is 0.200 e. The van der Waals surface area contributed by atoms with Gasteiger partial charge >= 0.3 is 0 Å². The van der Waals surface area contributed by atoms with Crippen molar-refractivity contribution in [1.82, 2.24) is 9.55 Å². The molecule has 5 nitrogen and oxygen atoms in total. The van der Waals surface area contributed by atoms with Crippen LogP contribution in [0.15, 0.2) is 18.2 Å². The van der Waals surface area contributed by atoms with Crippen LogP contribution in [-0.2, 0) is 7.05 Å². The fraction of sp³-hybridized carbons (Fsp3) is 0.357. The Morgan fingerprint density at radius 3 is 2.63 bits per heavy atom. The number of aromatic nitrogens is 2. The monoisotopic (exact) mass is 259 g/mol. The maximum absolute atomic E-state index is 5.84. The molecule has 0 radical (unpaired) electrons. The number of anilines is 1. The van der Waals surface area contributed by atoms with E-state index in [-0.39, 0.29) is 0 Å². The lowest BCUT2D eigenvalue weighted by Crippen LogP contribution is -1.97. The van der Waals surface area contributed by atoms with Gasteiger partial charge in [0.25, 0.3) is 0 Å². The van der Waals surface area contributed by atoms with Crippen molar-refractivity contribution in [3.63, 3.8) is 0 Å². The van der Waals surface area contributed by atoms with Gasteiger partial charge in [-0.2, -0.15) is 0 Å². The highest BCUT2D eigenvalue weighted by molar-refractivity contribution is 5.67. The van der Waals surface area contributed by atoms with E-state index in [9.17, 15) is 0 Å². The first-order chi connectivity index (χ1) is 9.16. The maximum atomic E-state index is 5.84. The lowest BCUT2D eigenvalue weighted by atomic mass is 10.1. The van der Waals surface area contributed by atoms with Crippen molar-refractivity contribution in [3.05, 3.63) is 23.9 Å². The Morgan fingerprint density at radius 2 is 1.95 bits per heavy atom. The van der Waals surface area contributed by atoms with E-state index in [1.165, 1.54) is 0 Å². The van der Waals surface area contributed by atoms with Gasteiger partial charge in [0.15, 0.2) is 11.5 Å². The second-order valence-electron chi connectivity index (χ2n) is 4.68. The topological polar surface area (TPSA) is 62.3 Å². The van der Waals surface area contributed by atoms with Crippen molar-refractivity contribution in [2.24, 2.45) is 7.05 Å². The van der Waals surface area contributed by atoms with E-state index in [4.69, 9.17) is 15.2 Å². The molecule has 2 aromatic rings. The summed E-state index contributed by atoms with van der Waals surface area (Å²) in [7, 11) is 1.91. The fourth-order valence-electron chi connectivity index (χ4n) is 2.19. The van der Waals surface area contributed by atoms with Gasteiger partial charge in [0.05, 0.1) is 18.9 Å². The van der Waals surface area contributed by atoms with Crippen molar-refractivity contribution >= 4 is 5.95 Å². The van der Waals surface area contributed by atoms with Crippen molar-refractivity contribution in [3.8, 4) is 22.8 Å². The molecule has 0 bridgehead atoms. The summed E-state index contributed by atoms with van der Waals surface area (Å²) in [5.74, 6) is 2.08. The lowest BCUT2D eigenvalue weighted by molar-refractivity contribution is 0.297. The number of imidazole rings is 1. The van der Waals surface area contributed by atoms with Crippen LogP contribution in [0.2, 0.25) is 0 Å². The van der Waals surface area contributed by atoms with Crippen molar-refractivity contribution in [2.45, 2.75) is 13.3 Å². The molecule has 2 N–H and O–H groups in total. The molecule has 5 heteroatoms. The highest BCUT2D eigenvalue weighted by Crippen LogP contribution is 2.35. The predicted molar refractivity (Wildman–Crippen MR) is 73.4 cm³/mol. The summed E-state index contributed by atoms with van der Waals surface area (Å²) in [6.07, 6.45) is 0.902. The van der Waals surface area contributed by atoms with E-state index in [0.29, 0.717) is 19.2 Å². The summed E-state index contributed by atoms with van der Waals surface area (Å²) in [6, 6.07) is 5.89. The number of hydrogen-bond donors (Lipinski definition) is 1. The largest absolute Gasteiger partial charge is 0.490 e. The van der Waals surface area contributed by atoms with Crippen LogP contribution in [0.4, 0.5) is 5.95 Å². The summed E-state index contributed by atoms with van der Waals surface area (Å²) in [5, 5.41) is 0. The average molecular weight is 259 g/mol. The average Bonchev–Trinajstić information content (AvgIpc) is 2.63. The first-order valence-corrected chi connectivity index (χ1v) is 6.35. The molecule has 0 spiro atoms. The molecule has 1 aromatic carbocycles. The van der Waals surface area contributed by atoms with Gasteiger partial charge in [0, 0.05) is 24.7 Å². The van der Waals surface area contributed by atoms with Gasteiger partial charge in [-0.15, -0.1) is 0 Å². The van der Waals surface area contributed by atoms with E-state index in [1.807, 2.05) is 36.7 Å². The molecule has 0 fully saturated rings. The summed E-state index contributed by atoms with van der Waals surface area (Å²) >= 11 is 0. The lowest BCUT2D eigenvalue weighted by Gasteiger charge is -2.08. The van der Waals surface area contributed by atoms with Crippen LogP contribution in [0.3, 0.4) is 0 Å². The minimum absolute atomic E-state index is 0.514. The van der Waals surface area contributed by atoms with E-state index in [0.717, 1.165) is 34.9 Å². The van der Waals surface area contributed by atoms with Crippen molar-refractivity contribution in [2.75, 3.05) is 18.9 Å². The Balaban J connectivity index is 2.06. The third kappa shape index (κ3) is 2.01. The van der Waals surface area contributed by atoms with E-state index in [2.05, 4.69) is 4.98 Å². The number of nitrogen functional groups attached to an aromatic ring is 1. The molecule has 0 amide bonds. The molecule has 19 heavy (non-hydrogen) atoms. The fourth-order valence-corrected chi connectivity index (χ4v) is 2.19. The molecule has 0 unspecified atom stereocenters. The van der Waals surface area contributed by atoms with Crippen LogP contribution >= 0.6 is 0 Å². The van der Waals surface area contributed by atoms with Gasteiger partial charge < -0.3 is 19.8 Å². The number of fused-ring (bicyclic) bond motifs is 1. The predicted octanol–water partition coefficient (Wildman–Crippen LogP) is 2.14. The molecule has 0 aliphatic carbocycles. The van der Waals surface area contributed by atoms with Crippen LogP contribution in [0.5, 0.6) is 11.5 Å². The zero-order valence-electron chi connectivity index (χ0n) is 11.1. The highest BCUT2D eigenvalue weighted by Gasteiger charge is 2.15. The van der Waals surface area contributed by atoms with Gasteiger partial charge in [-0.3, -0.25) is 0 Å². The minimum Gasteiger partial charge on any atom is -0.490 e. The third-order valence-electron chi connectivity index (χ3n) is 3.44. The van der Waals surface area contributed by atoms with Gasteiger partial charge in [-0.05, 0) is 25.1 Å². The zero-order chi connectivity index (χ0) is 13.4. The number of nitrogens with two attached hydrogens (primary N) is 1. The Bertz CT molecular complexity index is 619. The number of benzene rings is 1. The molecular formula is C14H17N3O2. The van der Waals surface area contributed by atoms with Gasteiger partial charge in [0.1, 0.15) is 0 Å². The van der Waals surface area contributed by atoms with Crippen LogP contribution < -0.4 is 15.2 Å². The Kier molecular flexibility index (Phi) is 2.81. The Morgan fingerprint density at radius 1 is 1.21 bits per heavy atom. The molecule has 0 atom stereocenters. The van der Waals surface area contributed by atoms with E-state index >= 15 is 0 Å². The molecule has 1 aliphatic rings. The first-order valence-electron chi connectivity index (χ1n) is 6.35. The molecule has 3 rings (SSSR count). The SMILES string of the molecule is Cc1c(-c2ccc3c(c2)OCCCO3)nc(N)n1C.